The maximum absolute atomic E-state index is 12.5. The van der Waals surface area contributed by atoms with Crippen LogP contribution in [-0.4, -0.2) is 15.4 Å². The molecule has 0 spiro atoms. The first kappa shape index (κ1) is 17.3. The summed E-state index contributed by atoms with van der Waals surface area (Å²) in [6, 6.07) is 12.1. The first-order valence-corrected chi connectivity index (χ1v) is 8.10. The normalized spacial score (nSPS) is 10.7. The third-order valence-electron chi connectivity index (χ3n) is 4.23. The van der Waals surface area contributed by atoms with Gasteiger partial charge in [0.05, 0.1) is 10.4 Å². The molecule has 0 atom stereocenters. The summed E-state index contributed by atoms with van der Waals surface area (Å²) in [5.74, 6) is -0.385. The monoisotopic (exact) mass is 351 g/mol. The molecule has 0 bridgehead atoms. The average Bonchev–Trinajstić information content (AvgIpc) is 2.62. The largest absolute Gasteiger partial charge is 0.345 e. The molecule has 3 rings (SSSR count). The lowest BCUT2D eigenvalue weighted by Gasteiger charge is -2.13. The van der Waals surface area contributed by atoms with Gasteiger partial charge >= 0.3 is 0 Å². The van der Waals surface area contributed by atoms with Gasteiger partial charge in [0.15, 0.2) is 5.43 Å². The van der Waals surface area contributed by atoms with E-state index < -0.39 is 4.92 Å². The van der Waals surface area contributed by atoms with E-state index in [0.29, 0.717) is 16.6 Å². The van der Waals surface area contributed by atoms with Crippen LogP contribution in [0.15, 0.2) is 53.3 Å². The number of rotatable bonds is 4. The van der Waals surface area contributed by atoms with E-state index in [2.05, 4.69) is 5.32 Å². The first-order valence-electron chi connectivity index (χ1n) is 8.10. The van der Waals surface area contributed by atoms with Crippen LogP contribution in [0.3, 0.4) is 0 Å². The SMILES string of the molecule is CCn1c(C)cc(=O)c2cc(C(=O)Nc3ccc([N+](=O)[O-])cc3)ccc21. The second-order valence-corrected chi connectivity index (χ2v) is 5.88. The van der Waals surface area contributed by atoms with Gasteiger partial charge in [-0.1, -0.05) is 0 Å². The van der Waals surface area contributed by atoms with Crippen LogP contribution in [-0.2, 0) is 6.54 Å². The summed E-state index contributed by atoms with van der Waals surface area (Å²) in [5.41, 5.74) is 2.25. The topological polar surface area (TPSA) is 94.2 Å². The molecule has 0 saturated heterocycles. The number of hydrogen-bond donors (Lipinski definition) is 1. The molecule has 26 heavy (non-hydrogen) atoms. The first-order chi connectivity index (χ1) is 12.4. The number of carbonyl (C=O) groups is 1. The molecule has 1 aromatic heterocycles. The van der Waals surface area contributed by atoms with E-state index >= 15 is 0 Å². The third kappa shape index (κ3) is 3.19. The number of fused-ring (bicyclic) bond motifs is 1. The smallest absolute Gasteiger partial charge is 0.269 e. The fourth-order valence-corrected chi connectivity index (χ4v) is 2.93. The van der Waals surface area contributed by atoms with E-state index in [4.69, 9.17) is 0 Å². The zero-order valence-corrected chi connectivity index (χ0v) is 14.4. The van der Waals surface area contributed by atoms with Crippen molar-refractivity contribution >= 4 is 28.2 Å². The van der Waals surface area contributed by atoms with Crippen LogP contribution in [0.2, 0.25) is 0 Å². The molecule has 0 unspecified atom stereocenters. The molecular weight excluding hydrogens is 334 g/mol. The van der Waals surface area contributed by atoms with E-state index in [1.165, 1.54) is 24.3 Å². The van der Waals surface area contributed by atoms with Gasteiger partial charge < -0.3 is 9.88 Å². The number of benzene rings is 2. The fraction of sp³-hybridized carbons (Fsp3) is 0.158. The van der Waals surface area contributed by atoms with Gasteiger partial charge in [0.2, 0.25) is 0 Å². The summed E-state index contributed by atoms with van der Waals surface area (Å²) in [6.45, 7) is 4.59. The van der Waals surface area contributed by atoms with Crippen molar-refractivity contribution in [1.82, 2.24) is 4.57 Å². The number of carbonyl (C=O) groups excluding carboxylic acids is 1. The van der Waals surface area contributed by atoms with Crippen molar-refractivity contribution in [3.63, 3.8) is 0 Å². The number of aryl methyl sites for hydroxylation is 2. The molecule has 2 aromatic carbocycles. The molecule has 7 heteroatoms. The van der Waals surface area contributed by atoms with Gasteiger partial charge in [0.1, 0.15) is 0 Å². The van der Waals surface area contributed by atoms with Crippen LogP contribution < -0.4 is 10.7 Å². The van der Waals surface area contributed by atoms with Gasteiger partial charge in [-0.15, -0.1) is 0 Å². The Bertz CT molecular complexity index is 1070. The van der Waals surface area contributed by atoms with E-state index in [9.17, 15) is 19.7 Å². The number of aromatic nitrogens is 1. The number of pyridine rings is 1. The highest BCUT2D eigenvalue weighted by molar-refractivity contribution is 6.06. The summed E-state index contributed by atoms with van der Waals surface area (Å²) in [5, 5.41) is 13.8. The standard InChI is InChI=1S/C19H17N3O4/c1-3-21-12(2)10-18(23)16-11-13(4-9-17(16)21)19(24)20-14-5-7-15(8-6-14)22(25)26/h4-11H,3H2,1-2H3,(H,20,24). The van der Waals surface area contributed by atoms with Crippen molar-refractivity contribution < 1.29 is 9.72 Å². The minimum absolute atomic E-state index is 0.0517. The molecule has 0 aliphatic heterocycles. The minimum atomic E-state index is -0.504. The lowest BCUT2D eigenvalue weighted by molar-refractivity contribution is -0.384. The van der Waals surface area contributed by atoms with Crippen molar-refractivity contribution in [3.8, 4) is 0 Å². The van der Waals surface area contributed by atoms with Crippen LogP contribution in [0.5, 0.6) is 0 Å². The summed E-state index contributed by atoms with van der Waals surface area (Å²) in [4.78, 5) is 34.9. The highest BCUT2D eigenvalue weighted by Crippen LogP contribution is 2.18. The number of nitro benzene ring substituents is 1. The number of nitrogens with zero attached hydrogens (tertiary/aromatic N) is 2. The molecule has 7 nitrogen and oxygen atoms in total. The molecule has 0 saturated carbocycles. The Hall–Kier alpha value is -3.48. The van der Waals surface area contributed by atoms with Crippen molar-refractivity contribution in [3.05, 3.63) is 80.1 Å². The van der Waals surface area contributed by atoms with Crippen LogP contribution >= 0.6 is 0 Å². The quantitative estimate of drug-likeness (QED) is 0.575. The number of nitrogens with one attached hydrogen (secondary N) is 1. The minimum Gasteiger partial charge on any atom is -0.345 e. The average molecular weight is 351 g/mol. The number of hydrogen-bond acceptors (Lipinski definition) is 4. The maximum Gasteiger partial charge on any atom is 0.269 e. The van der Waals surface area contributed by atoms with Gasteiger partial charge in [0, 0.05) is 47.1 Å². The van der Waals surface area contributed by atoms with Gasteiger partial charge in [0.25, 0.3) is 11.6 Å². The van der Waals surface area contributed by atoms with E-state index in [1.54, 1.807) is 24.3 Å². The predicted molar refractivity (Wildman–Crippen MR) is 99.7 cm³/mol. The number of amides is 1. The Morgan fingerprint density at radius 3 is 2.46 bits per heavy atom. The van der Waals surface area contributed by atoms with Gasteiger partial charge in [-0.2, -0.15) is 0 Å². The lowest BCUT2D eigenvalue weighted by Crippen LogP contribution is -2.15. The molecule has 1 amide bonds. The van der Waals surface area contributed by atoms with Gasteiger partial charge in [-0.3, -0.25) is 19.7 Å². The molecule has 0 fully saturated rings. The zero-order valence-electron chi connectivity index (χ0n) is 14.4. The van der Waals surface area contributed by atoms with E-state index in [1.807, 2.05) is 18.4 Å². The molecule has 132 valence electrons. The summed E-state index contributed by atoms with van der Waals surface area (Å²) >= 11 is 0. The maximum atomic E-state index is 12.5. The number of anilines is 1. The molecule has 3 aromatic rings. The Balaban J connectivity index is 1.93. The lowest BCUT2D eigenvalue weighted by atomic mass is 10.1. The highest BCUT2D eigenvalue weighted by atomic mass is 16.6. The number of nitro groups is 1. The molecule has 0 radical (unpaired) electrons. The van der Waals surface area contributed by atoms with E-state index in [0.717, 1.165) is 17.8 Å². The Morgan fingerprint density at radius 1 is 1.15 bits per heavy atom. The molecule has 0 aliphatic rings. The Morgan fingerprint density at radius 2 is 1.85 bits per heavy atom. The number of non-ortho nitro benzene ring substituents is 1. The molecule has 1 heterocycles. The van der Waals surface area contributed by atoms with Crippen molar-refractivity contribution in [1.29, 1.82) is 0 Å². The fourth-order valence-electron chi connectivity index (χ4n) is 2.93. The van der Waals surface area contributed by atoms with Crippen molar-refractivity contribution in [2.45, 2.75) is 20.4 Å². The summed E-state index contributed by atoms with van der Waals surface area (Å²) in [7, 11) is 0. The zero-order chi connectivity index (χ0) is 18.8. The second kappa shape index (κ2) is 6.79. The third-order valence-corrected chi connectivity index (χ3v) is 4.23. The summed E-state index contributed by atoms with van der Waals surface area (Å²) < 4.78 is 2.01. The predicted octanol–water partition coefficient (Wildman–Crippen LogP) is 3.49. The van der Waals surface area contributed by atoms with E-state index in [-0.39, 0.29) is 17.0 Å². The van der Waals surface area contributed by atoms with Crippen LogP contribution in [0, 0.1) is 17.0 Å². The molecular formula is C19H17N3O4. The van der Waals surface area contributed by atoms with Crippen molar-refractivity contribution in [2.24, 2.45) is 0 Å². The summed E-state index contributed by atoms with van der Waals surface area (Å²) in [6.07, 6.45) is 0. The Kier molecular flexibility index (Phi) is 4.53. The molecule has 1 N–H and O–H groups in total. The van der Waals surface area contributed by atoms with Crippen LogP contribution in [0.4, 0.5) is 11.4 Å². The highest BCUT2D eigenvalue weighted by Gasteiger charge is 2.12. The van der Waals surface area contributed by atoms with Crippen LogP contribution in [0.25, 0.3) is 10.9 Å². The van der Waals surface area contributed by atoms with Gasteiger partial charge in [-0.25, -0.2) is 0 Å². The van der Waals surface area contributed by atoms with Gasteiger partial charge in [-0.05, 0) is 44.2 Å². The molecule has 0 aliphatic carbocycles. The van der Waals surface area contributed by atoms with Crippen LogP contribution in [0.1, 0.15) is 23.0 Å². The second-order valence-electron chi connectivity index (χ2n) is 5.88. The Labute approximate surface area is 149 Å². The van der Waals surface area contributed by atoms with Crippen molar-refractivity contribution in [2.75, 3.05) is 5.32 Å².